The number of carbonyl (C=O) groups is 1. The number of halogens is 1. The molecule has 2 saturated heterocycles. The molecule has 4 atom stereocenters. The highest BCUT2D eigenvalue weighted by atomic mass is 35.5. The molecule has 0 aromatic rings. The Hall–Kier alpha value is -0.160. The first-order valence-electron chi connectivity index (χ1n) is 4.17. The molecule has 0 radical (unpaired) electrons. The highest BCUT2D eigenvalue weighted by Crippen LogP contribution is 2.37. The van der Waals surface area contributed by atoms with Crippen molar-refractivity contribution in [2.75, 3.05) is 13.9 Å². The van der Waals surface area contributed by atoms with Crippen molar-refractivity contribution in [2.24, 2.45) is 0 Å². The molecule has 0 aliphatic carbocycles. The van der Waals surface area contributed by atoms with Crippen LogP contribution >= 0.6 is 11.6 Å². The zero-order valence-electron chi connectivity index (χ0n) is 7.23. The van der Waals surface area contributed by atoms with Crippen molar-refractivity contribution in [2.45, 2.75) is 30.1 Å². The van der Waals surface area contributed by atoms with E-state index in [-0.39, 0.29) is 30.2 Å². The summed E-state index contributed by atoms with van der Waals surface area (Å²) in [6.45, 7) is 0.189. The lowest BCUT2D eigenvalue weighted by atomic mass is 9.96. The van der Waals surface area contributed by atoms with E-state index in [0.29, 0.717) is 6.42 Å². The van der Waals surface area contributed by atoms with Gasteiger partial charge in [-0.15, -0.1) is 11.6 Å². The number of alkyl halides is 1. The van der Waals surface area contributed by atoms with E-state index >= 15 is 0 Å². The zero-order chi connectivity index (χ0) is 9.42. The summed E-state index contributed by atoms with van der Waals surface area (Å²) in [6.07, 6.45) is -0.421. The highest BCUT2D eigenvalue weighted by molar-refractivity contribution is 6.24. The van der Waals surface area contributed by atoms with Gasteiger partial charge < -0.3 is 14.2 Å². The van der Waals surface area contributed by atoms with Crippen LogP contribution in [0.25, 0.3) is 0 Å². The lowest BCUT2D eigenvalue weighted by Crippen LogP contribution is -2.40. The monoisotopic (exact) mass is 206 g/mol. The molecular weight excluding hydrogens is 196 g/mol. The third-order valence-corrected chi connectivity index (χ3v) is 2.87. The van der Waals surface area contributed by atoms with Gasteiger partial charge in [-0.25, -0.2) is 0 Å². The third kappa shape index (κ3) is 1.48. The van der Waals surface area contributed by atoms with E-state index in [1.54, 1.807) is 7.11 Å². The second-order valence-corrected chi connectivity index (χ2v) is 3.75. The number of hydrogen-bond donors (Lipinski definition) is 0. The van der Waals surface area contributed by atoms with Crippen molar-refractivity contribution in [3.05, 3.63) is 0 Å². The van der Waals surface area contributed by atoms with Gasteiger partial charge >= 0.3 is 0 Å². The minimum Gasteiger partial charge on any atom is -0.362 e. The fourth-order valence-corrected chi connectivity index (χ4v) is 2.23. The molecule has 5 heteroatoms. The van der Waals surface area contributed by atoms with E-state index in [9.17, 15) is 4.79 Å². The highest BCUT2D eigenvalue weighted by Gasteiger charge is 2.54. The van der Waals surface area contributed by atoms with E-state index in [1.165, 1.54) is 0 Å². The van der Waals surface area contributed by atoms with E-state index < -0.39 is 6.10 Å². The molecule has 2 fully saturated rings. The molecule has 4 nitrogen and oxygen atoms in total. The lowest BCUT2D eigenvalue weighted by molar-refractivity contribution is -0.123. The third-order valence-electron chi connectivity index (χ3n) is 2.39. The predicted molar refractivity (Wildman–Crippen MR) is 44.7 cm³/mol. The van der Waals surface area contributed by atoms with Gasteiger partial charge in [-0.2, -0.15) is 0 Å². The molecular formula is C8H11ClO4. The van der Waals surface area contributed by atoms with Crippen LogP contribution in [-0.4, -0.2) is 43.4 Å². The molecule has 2 aliphatic heterocycles. The maximum absolute atomic E-state index is 11.2. The average molecular weight is 207 g/mol. The average Bonchev–Trinajstić information content (AvgIpc) is 2.59. The normalized spacial score (nSPS) is 43.1. The minimum absolute atomic E-state index is 0.0854. The van der Waals surface area contributed by atoms with Crippen molar-refractivity contribution >= 4 is 17.4 Å². The van der Waals surface area contributed by atoms with Gasteiger partial charge in [-0.3, -0.25) is 4.79 Å². The van der Waals surface area contributed by atoms with Crippen LogP contribution in [0.3, 0.4) is 0 Å². The second-order valence-electron chi connectivity index (χ2n) is 3.25. The molecule has 0 amide bonds. The van der Waals surface area contributed by atoms with E-state index in [0.717, 1.165) is 0 Å². The van der Waals surface area contributed by atoms with Crippen molar-refractivity contribution in [3.63, 3.8) is 0 Å². The van der Waals surface area contributed by atoms with Crippen LogP contribution in [0.1, 0.15) is 6.42 Å². The van der Waals surface area contributed by atoms with Gasteiger partial charge in [0.05, 0.1) is 11.5 Å². The van der Waals surface area contributed by atoms with Crippen LogP contribution in [-0.2, 0) is 19.0 Å². The Bertz CT molecular complexity index is 218. The Morgan fingerprint density at radius 1 is 1.69 bits per heavy atom. The van der Waals surface area contributed by atoms with E-state index in [1.807, 2.05) is 0 Å². The molecule has 0 aromatic carbocycles. The molecule has 13 heavy (non-hydrogen) atoms. The number of rotatable bonds is 3. The number of Topliss-reactive ketones (excluding diaryl/α,β-unsaturated/α-hetero) is 1. The summed E-state index contributed by atoms with van der Waals surface area (Å²) in [5, 5.41) is -0.360. The quantitative estimate of drug-likeness (QED) is 0.493. The Kier molecular flexibility index (Phi) is 2.55. The summed E-state index contributed by atoms with van der Waals surface area (Å²) < 4.78 is 15.4. The fourth-order valence-electron chi connectivity index (χ4n) is 1.80. The smallest absolute Gasteiger partial charge is 0.165 e. The van der Waals surface area contributed by atoms with Crippen LogP contribution in [0.2, 0.25) is 0 Å². The van der Waals surface area contributed by atoms with E-state index in [2.05, 4.69) is 0 Å². The lowest BCUT2D eigenvalue weighted by Gasteiger charge is -2.22. The first kappa shape index (κ1) is 9.40. The summed E-state index contributed by atoms with van der Waals surface area (Å²) in [6, 6.07) is 0. The minimum atomic E-state index is -0.464. The topological polar surface area (TPSA) is 44.8 Å². The molecule has 74 valence electrons. The van der Waals surface area contributed by atoms with Gasteiger partial charge in [0, 0.05) is 13.5 Å². The molecule has 2 aliphatic rings. The standard InChI is InChI=1S/C8H11ClO4/c1-11-3-12-8-5-2-4(10)7(13-5)6(8)9/h5-8H,2-3H2,1H3/t5-,6-,7+,8-/m1/s1. The molecule has 0 unspecified atom stereocenters. The number of ketones is 1. The number of carbonyl (C=O) groups excluding carboxylic acids is 1. The Labute approximate surface area is 81.1 Å². The van der Waals surface area contributed by atoms with Gasteiger partial charge in [0.15, 0.2) is 5.78 Å². The van der Waals surface area contributed by atoms with Crippen LogP contribution in [0.4, 0.5) is 0 Å². The number of fused-ring (bicyclic) bond motifs is 2. The summed E-state index contributed by atoms with van der Waals surface area (Å²) in [7, 11) is 1.54. The molecule has 0 aromatic heterocycles. The van der Waals surface area contributed by atoms with Crippen LogP contribution in [0, 0.1) is 0 Å². The zero-order valence-corrected chi connectivity index (χ0v) is 7.99. The molecule has 2 rings (SSSR count). The van der Waals surface area contributed by atoms with Crippen LogP contribution < -0.4 is 0 Å². The van der Waals surface area contributed by atoms with Crippen molar-refractivity contribution < 1.29 is 19.0 Å². The molecule has 0 spiro atoms. The number of methoxy groups -OCH3 is 1. The number of ether oxygens (including phenoxy) is 3. The van der Waals surface area contributed by atoms with Gasteiger partial charge in [-0.05, 0) is 0 Å². The Morgan fingerprint density at radius 3 is 3.00 bits per heavy atom. The maximum Gasteiger partial charge on any atom is 0.165 e. The second kappa shape index (κ2) is 3.53. The van der Waals surface area contributed by atoms with Gasteiger partial charge in [-0.1, -0.05) is 0 Å². The largest absolute Gasteiger partial charge is 0.362 e. The Balaban J connectivity index is 1.97. The first-order valence-corrected chi connectivity index (χ1v) is 4.60. The van der Waals surface area contributed by atoms with Crippen LogP contribution in [0.5, 0.6) is 0 Å². The first-order chi connectivity index (χ1) is 6.24. The summed E-state index contributed by atoms with van der Waals surface area (Å²) in [5.74, 6) is 0.0854. The van der Waals surface area contributed by atoms with Gasteiger partial charge in [0.25, 0.3) is 0 Å². The summed E-state index contributed by atoms with van der Waals surface area (Å²) >= 11 is 5.98. The van der Waals surface area contributed by atoms with Gasteiger partial charge in [0.1, 0.15) is 19.0 Å². The molecule has 0 saturated carbocycles. The van der Waals surface area contributed by atoms with Gasteiger partial charge in [0.2, 0.25) is 0 Å². The van der Waals surface area contributed by atoms with Crippen molar-refractivity contribution in [1.29, 1.82) is 0 Å². The maximum atomic E-state index is 11.2. The van der Waals surface area contributed by atoms with Crippen LogP contribution in [0.15, 0.2) is 0 Å². The molecule has 2 heterocycles. The Morgan fingerprint density at radius 2 is 2.46 bits per heavy atom. The number of hydrogen-bond acceptors (Lipinski definition) is 4. The molecule has 2 bridgehead atoms. The van der Waals surface area contributed by atoms with E-state index in [4.69, 9.17) is 25.8 Å². The SMILES string of the molecule is COCO[C@H]1[C@H](Cl)[C@H]2O[C@@H]1CC2=O. The fraction of sp³-hybridized carbons (Fsp3) is 0.875. The van der Waals surface area contributed by atoms with Crippen molar-refractivity contribution in [3.8, 4) is 0 Å². The predicted octanol–water partition coefficient (Wildman–Crippen LogP) is 0.323. The summed E-state index contributed by atoms with van der Waals surface area (Å²) in [5.41, 5.74) is 0. The summed E-state index contributed by atoms with van der Waals surface area (Å²) in [4.78, 5) is 11.2. The van der Waals surface area contributed by atoms with Crippen molar-refractivity contribution in [1.82, 2.24) is 0 Å². The molecule has 0 N–H and O–H groups in total.